The molecule has 34 heavy (non-hydrogen) atoms. The van der Waals surface area contributed by atoms with Gasteiger partial charge < -0.3 is 10.1 Å². The summed E-state index contributed by atoms with van der Waals surface area (Å²) in [6.07, 6.45) is -0.0550. The SMILES string of the molecule is CC1(C)NC(=O)N(CCC(CS(=O)(=O)c2ccc(Oc3ccc(Cl)cc3)cc2)N(O)C=O)C1=O. The highest BCUT2D eigenvalue weighted by Gasteiger charge is 2.44. The Balaban J connectivity index is 1.69. The number of carbonyl (C=O) groups is 3. The number of ether oxygens (including phenoxy) is 1. The molecule has 1 unspecified atom stereocenters. The predicted molar refractivity (Wildman–Crippen MR) is 122 cm³/mol. The van der Waals surface area contributed by atoms with Gasteiger partial charge in [0.2, 0.25) is 6.41 Å². The van der Waals surface area contributed by atoms with Gasteiger partial charge in [-0.2, -0.15) is 0 Å². The number of benzene rings is 2. The lowest BCUT2D eigenvalue weighted by molar-refractivity contribution is -0.158. The van der Waals surface area contributed by atoms with Crippen molar-refractivity contribution in [2.75, 3.05) is 12.3 Å². The van der Waals surface area contributed by atoms with Crippen LogP contribution in [0.2, 0.25) is 5.02 Å². The van der Waals surface area contributed by atoms with Crippen molar-refractivity contribution in [3.63, 3.8) is 0 Å². The van der Waals surface area contributed by atoms with Gasteiger partial charge in [-0.25, -0.2) is 18.3 Å². The number of amides is 4. The summed E-state index contributed by atoms with van der Waals surface area (Å²) < 4.78 is 31.5. The lowest BCUT2D eigenvalue weighted by Crippen LogP contribution is -2.42. The van der Waals surface area contributed by atoms with Gasteiger partial charge in [0, 0.05) is 11.6 Å². The van der Waals surface area contributed by atoms with Crippen molar-refractivity contribution < 1.29 is 32.7 Å². The maximum absolute atomic E-state index is 12.9. The van der Waals surface area contributed by atoms with E-state index in [-0.39, 0.29) is 29.3 Å². The maximum atomic E-state index is 12.9. The first-order valence-corrected chi connectivity index (χ1v) is 12.3. The van der Waals surface area contributed by atoms with Gasteiger partial charge in [0.15, 0.2) is 9.84 Å². The minimum Gasteiger partial charge on any atom is -0.457 e. The van der Waals surface area contributed by atoms with Crippen molar-refractivity contribution in [2.24, 2.45) is 0 Å². The minimum atomic E-state index is -3.94. The lowest BCUT2D eigenvalue weighted by Gasteiger charge is -2.24. The van der Waals surface area contributed by atoms with Crippen LogP contribution >= 0.6 is 11.6 Å². The van der Waals surface area contributed by atoms with Crippen LogP contribution in [0.3, 0.4) is 0 Å². The molecule has 12 heteroatoms. The van der Waals surface area contributed by atoms with Crippen molar-refractivity contribution in [3.8, 4) is 11.5 Å². The fourth-order valence-electron chi connectivity index (χ4n) is 3.38. The Morgan fingerprint density at radius 1 is 1.12 bits per heavy atom. The van der Waals surface area contributed by atoms with E-state index in [1.165, 1.54) is 24.3 Å². The van der Waals surface area contributed by atoms with Crippen molar-refractivity contribution in [2.45, 2.75) is 36.7 Å². The number of nitrogens with zero attached hydrogens (tertiary/aromatic N) is 2. The first-order chi connectivity index (χ1) is 15.9. The molecule has 0 bridgehead atoms. The number of carbonyl (C=O) groups excluding carboxylic acids is 3. The zero-order valence-corrected chi connectivity index (χ0v) is 20.0. The predicted octanol–water partition coefficient (Wildman–Crippen LogP) is 2.84. The van der Waals surface area contributed by atoms with Gasteiger partial charge in [0.05, 0.1) is 16.7 Å². The summed E-state index contributed by atoms with van der Waals surface area (Å²) in [6.45, 7) is 2.91. The molecule has 1 aliphatic heterocycles. The average Bonchev–Trinajstić information content (AvgIpc) is 2.98. The van der Waals surface area contributed by atoms with Crippen LogP contribution in [0.4, 0.5) is 4.79 Å². The second-order valence-electron chi connectivity index (χ2n) is 8.25. The molecule has 182 valence electrons. The molecular formula is C22H24ClN3O7S. The largest absolute Gasteiger partial charge is 0.457 e. The van der Waals surface area contributed by atoms with Gasteiger partial charge in [-0.15, -0.1) is 0 Å². The third-order valence-electron chi connectivity index (χ3n) is 5.26. The molecule has 1 fully saturated rings. The lowest BCUT2D eigenvalue weighted by atomic mass is 10.1. The number of hydrogen-bond acceptors (Lipinski definition) is 7. The second kappa shape index (κ2) is 10.00. The van der Waals surface area contributed by atoms with Crippen LogP contribution < -0.4 is 10.1 Å². The van der Waals surface area contributed by atoms with E-state index in [4.69, 9.17) is 16.3 Å². The molecular weight excluding hydrogens is 486 g/mol. The number of nitrogens with one attached hydrogen (secondary N) is 1. The molecule has 0 radical (unpaired) electrons. The molecule has 0 spiro atoms. The summed E-state index contributed by atoms with van der Waals surface area (Å²) in [5.41, 5.74) is -1.09. The first-order valence-electron chi connectivity index (χ1n) is 10.3. The zero-order chi connectivity index (χ0) is 25.1. The molecule has 1 atom stereocenters. The number of imide groups is 1. The Hall–Kier alpha value is -3.15. The number of urea groups is 1. The van der Waals surface area contributed by atoms with Crippen LogP contribution in [0.25, 0.3) is 0 Å². The van der Waals surface area contributed by atoms with Crippen molar-refractivity contribution in [1.82, 2.24) is 15.3 Å². The Bertz CT molecular complexity index is 1170. The second-order valence-corrected chi connectivity index (χ2v) is 10.7. The fraction of sp³-hybridized carbons (Fsp3) is 0.318. The van der Waals surface area contributed by atoms with Crippen LogP contribution in [-0.4, -0.2) is 65.8 Å². The molecule has 3 rings (SSSR count). The summed E-state index contributed by atoms with van der Waals surface area (Å²) in [7, 11) is -3.94. The first kappa shape index (κ1) is 25.5. The quantitative estimate of drug-likeness (QED) is 0.218. The third kappa shape index (κ3) is 5.85. The van der Waals surface area contributed by atoms with E-state index in [0.29, 0.717) is 16.5 Å². The van der Waals surface area contributed by atoms with E-state index in [0.717, 1.165) is 4.90 Å². The third-order valence-corrected chi connectivity index (χ3v) is 7.32. The van der Waals surface area contributed by atoms with Crippen LogP contribution in [0.15, 0.2) is 53.4 Å². The van der Waals surface area contributed by atoms with Crippen molar-refractivity contribution in [3.05, 3.63) is 53.6 Å². The average molecular weight is 510 g/mol. The van der Waals surface area contributed by atoms with E-state index in [2.05, 4.69) is 5.32 Å². The molecule has 2 aromatic carbocycles. The highest BCUT2D eigenvalue weighted by Crippen LogP contribution is 2.25. The molecule has 10 nitrogen and oxygen atoms in total. The topological polar surface area (TPSA) is 133 Å². The minimum absolute atomic E-state index is 0.0450. The fourth-order valence-corrected chi connectivity index (χ4v) is 5.08. The van der Waals surface area contributed by atoms with Gasteiger partial charge in [-0.3, -0.25) is 19.7 Å². The van der Waals surface area contributed by atoms with E-state index >= 15 is 0 Å². The van der Waals surface area contributed by atoms with E-state index in [1.807, 2.05) is 0 Å². The summed E-state index contributed by atoms with van der Waals surface area (Å²) in [4.78, 5) is 36.4. The van der Waals surface area contributed by atoms with Gasteiger partial charge in [-0.05, 0) is 68.8 Å². The zero-order valence-electron chi connectivity index (χ0n) is 18.5. The Morgan fingerprint density at radius 3 is 2.18 bits per heavy atom. The molecule has 0 aromatic heterocycles. The normalized spacial score (nSPS) is 16.2. The number of sulfone groups is 1. The van der Waals surface area contributed by atoms with Gasteiger partial charge in [0.25, 0.3) is 5.91 Å². The molecule has 1 aliphatic rings. The highest BCUT2D eigenvalue weighted by molar-refractivity contribution is 7.91. The standard InChI is InChI=1S/C22H24ClN3O7S/c1-22(2)20(28)25(21(29)24-22)12-11-16(26(30)14-27)13-34(31,32)19-9-7-18(8-10-19)33-17-5-3-15(23)4-6-17/h3-10,14,16,30H,11-13H2,1-2H3,(H,24,29). The molecule has 1 saturated heterocycles. The molecule has 1 heterocycles. The van der Waals surface area contributed by atoms with E-state index < -0.39 is 39.1 Å². The maximum Gasteiger partial charge on any atom is 0.325 e. The number of hydrogen-bond donors (Lipinski definition) is 2. The number of halogens is 1. The Kier molecular flexibility index (Phi) is 7.49. The van der Waals surface area contributed by atoms with Gasteiger partial charge in [0.1, 0.15) is 17.0 Å². The smallest absolute Gasteiger partial charge is 0.325 e. The molecule has 2 aromatic rings. The van der Waals surface area contributed by atoms with E-state index in [1.54, 1.807) is 38.1 Å². The van der Waals surface area contributed by atoms with Gasteiger partial charge >= 0.3 is 6.03 Å². The summed E-state index contributed by atoms with van der Waals surface area (Å²) >= 11 is 5.84. The Labute approximate surface area is 201 Å². The van der Waals surface area contributed by atoms with Crippen LogP contribution in [0.1, 0.15) is 20.3 Å². The summed E-state index contributed by atoms with van der Waals surface area (Å²) in [5.74, 6) is -0.181. The van der Waals surface area contributed by atoms with E-state index in [9.17, 15) is 28.0 Å². The molecule has 0 saturated carbocycles. The van der Waals surface area contributed by atoms with Crippen LogP contribution in [-0.2, 0) is 19.4 Å². The Morgan fingerprint density at radius 2 is 1.68 bits per heavy atom. The summed E-state index contributed by atoms with van der Waals surface area (Å²) in [5, 5.41) is 13.2. The molecule has 2 N–H and O–H groups in total. The van der Waals surface area contributed by atoms with Gasteiger partial charge in [-0.1, -0.05) is 11.6 Å². The van der Waals surface area contributed by atoms with Crippen molar-refractivity contribution in [1.29, 1.82) is 0 Å². The monoisotopic (exact) mass is 509 g/mol. The highest BCUT2D eigenvalue weighted by atomic mass is 35.5. The molecule has 4 amide bonds. The van der Waals surface area contributed by atoms with Crippen LogP contribution in [0.5, 0.6) is 11.5 Å². The van der Waals surface area contributed by atoms with Crippen LogP contribution in [0, 0.1) is 0 Å². The van der Waals surface area contributed by atoms with Crippen molar-refractivity contribution >= 4 is 39.8 Å². The number of rotatable bonds is 10. The summed E-state index contributed by atoms with van der Waals surface area (Å²) in [6, 6.07) is 10.5. The molecule has 0 aliphatic carbocycles. The number of hydroxylamine groups is 2.